The van der Waals surface area contributed by atoms with Crippen LogP contribution < -0.4 is 0 Å². The van der Waals surface area contributed by atoms with Crippen molar-refractivity contribution in [3.63, 3.8) is 0 Å². The lowest BCUT2D eigenvalue weighted by Gasteiger charge is -1.93. The molecule has 0 aliphatic carbocycles. The second-order valence-corrected chi connectivity index (χ2v) is 2.29. The van der Waals surface area contributed by atoms with Crippen LogP contribution in [-0.4, -0.2) is 12.4 Å². The lowest BCUT2D eigenvalue weighted by atomic mass is 10.3. The van der Waals surface area contributed by atoms with Crippen molar-refractivity contribution in [2.24, 2.45) is 9.98 Å². The van der Waals surface area contributed by atoms with Crippen molar-refractivity contribution in [1.29, 1.82) is 0 Å². The van der Waals surface area contributed by atoms with Crippen LogP contribution in [0.3, 0.4) is 0 Å². The first-order chi connectivity index (χ1) is 5.86. The molecule has 1 aromatic rings. The van der Waals surface area contributed by atoms with Gasteiger partial charge in [0, 0.05) is 12.4 Å². The summed E-state index contributed by atoms with van der Waals surface area (Å²) in [6.07, 6.45) is 3.55. The molecule has 0 radical (unpaired) electrons. The van der Waals surface area contributed by atoms with Crippen molar-refractivity contribution in [2.45, 2.75) is 13.8 Å². The topological polar surface area (TPSA) is 24.7 Å². The van der Waals surface area contributed by atoms with Crippen LogP contribution in [0.1, 0.15) is 13.8 Å². The van der Waals surface area contributed by atoms with E-state index in [0.29, 0.717) is 0 Å². The van der Waals surface area contributed by atoms with Crippen molar-refractivity contribution >= 4 is 23.8 Å². The van der Waals surface area contributed by atoms with Gasteiger partial charge in [0.2, 0.25) is 0 Å². The zero-order chi connectivity index (χ0) is 8.81. The normalized spacial score (nSPS) is 11.5. The van der Waals surface area contributed by atoms with Gasteiger partial charge in [0.15, 0.2) is 0 Å². The lowest BCUT2D eigenvalue weighted by molar-refractivity contribution is 1.48. The van der Waals surface area contributed by atoms with Crippen LogP contribution in [0.5, 0.6) is 0 Å². The van der Waals surface area contributed by atoms with E-state index in [4.69, 9.17) is 0 Å². The van der Waals surface area contributed by atoms with E-state index in [2.05, 4.69) is 9.98 Å². The van der Waals surface area contributed by atoms with E-state index in [1.165, 1.54) is 0 Å². The van der Waals surface area contributed by atoms with E-state index < -0.39 is 0 Å². The molecule has 0 aromatic heterocycles. The Bertz CT molecular complexity index is 252. The van der Waals surface area contributed by atoms with Gasteiger partial charge in [-0.25, -0.2) is 0 Å². The summed E-state index contributed by atoms with van der Waals surface area (Å²) in [5.41, 5.74) is 1.93. The molecule has 0 bridgehead atoms. The van der Waals surface area contributed by atoms with E-state index >= 15 is 0 Å². The highest BCUT2D eigenvalue weighted by molar-refractivity contribution is 5.64. The van der Waals surface area contributed by atoms with Gasteiger partial charge in [-0.15, -0.1) is 0 Å². The van der Waals surface area contributed by atoms with Crippen LogP contribution in [-0.2, 0) is 0 Å². The molecule has 0 heterocycles. The van der Waals surface area contributed by atoms with Crippen LogP contribution in [0.15, 0.2) is 34.3 Å². The number of hydrogen-bond acceptors (Lipinski definition) is 2. The summed E-state index contributed by atoms with van der Waals surface area (Å²) >= 11 is 0. The smallest absolute Gasteiger partial charge is 0.0627 e. The Morgan fingerprint density at radius 3 is 1.42 bits per heavy atom. The number of rotatable bonds is 2. The molecule has 62 valence electrons. The van der Waals surface area contributed by atoms with Crippen molar-refractivity contribution in [3.8, 4) is 0 Å². The number of benzene rings is 1. The summed E-state index contributed by atoms with van der Waals surface area (Å²) in [6.45, 7) is 3.80. The molecular formula is C10H12N2. The van der Waals surface area contributed by atoms with E-state index in [9.17, 15) is 0 Å². The number of nitrogens with zero attached hydrogens (tertiary/aromatic N) is 2. The van der Waals surface area contributed by atoms with Crippen LogP contribution in [0.25, 0.3) is 0 Å². The van der Waals surface area contributed by atoms with Gasteiger partial charge in [0.1, 0.15) is 0 Å². The third-order valence-corrected chi connectivity index (χ3v) is 1.41. The molecular weight excluding hydrogens is 148 g/mol. The predicted octanol–water partition coefficient (Wildman–Crippen LogP) is 3.13. The fourth-order valence-corrected chi connectivity index (χ4v) is 0.923. The van der Waals surface area contributed by atoms with Crippen LogP contribution >= 0.6 is 0 Å². The quantitative estimate of drug-likeness (QED) is 0.594. The number of aliphatic imine (C=N–C) groups is 2. The van der Waals surface area contributed by atoms with E-state index in [1.807, 2.05) is 38.1 Å². The molecule has 1 rings (SSSR count). The third-order valence-electron chi connectivity index (χ3n) is 1.41. The highest BCUT2D eigenvalue weighted by atomic mass is 14.7. The molecule has 0 saturated carbocycles. The second-order valence-electron chi connectivity index (χ2n) is 2.29. The van der Waals surface area contributed by atoms with Crippen LogP contribution in [0.2, 0.25) is 0 Å². The molecule has 0 saturated heterocycles. The van der Waals surface area contributed by atoms with Gasteiger partial charge < -0.3 is 0 Å². The molecule has 1 aromatic carbocycles. The molecule has 0 amide bonds. The fraction of sp³-hybridized carbons (Fsp3) is 0.200. The van der Waals surface area contributed by atoms with Gasteiger partial charge in [0.25, 0.3) is 0 Å². The maximum atomic E-state index is 4.13. The van der Waals surface area contributed by atoms with Gasteiger partial charge in [-0.05, 0) is 38.1 Å². The Hall–Kier alpha value is -1.44. The second kappa shape index (κ2) is 4.44. The Morgan fingerprint density at radius 1 is 0.833 bits per heavy atom. The van der Waals surface area contributed by atoms with Gasteiger partial charge >= 0.3 is 0 Å². The van der Waals surface area contributed by atoms with Gasteiger partial charge in [0.05, 0.1) is 11.4 Å². The van der Waals surface area contributed by atoms with Crippen molar-refractivity contribution in [3.05, 3.63) is 24.3 Å². The molecule has 12 heavy (non-hydrogen) atoms. The first-order valence-corrected chi connectivity index (χ1v) is 3.94. The largest absolute Gasteiger partial charge is 0.262 e. The third kappa shape index (κ3) is 2.31. The molecule has 2 heteroatoms. The minimum absolute atomic E-state index is 0.965. The Morgan fingerprint density at radius 2 is 1.17 bits per heavy atom. The average Bonchev–Trinajstić information content (AvgIpc) is 2.09. The van der Waals surface area contributed by atoms with E-state index in [-0.39, 0.29) is 0 Å². The SMILES string of the molecule is CC=Nc1ccc(N=CC)cc1. The molecule has 0 atom stereocenters. The summed E-state index contributed by atoms with van der Waals surface area (Å²) in [5.74, 6) is 0. The molecule has 0 aliphatic rings. The fourth-order valence-electron chi connectivity index (χ4n) is 0.923. The zero-order valence-corrected chi connectivity index (χ0v) is 7.36. The molecule has 0 N–H and O–H groups in total. The minimum Gasteiger partial charge on any atom is -0.262 e. The van der Waals surface area contributed by atoms with Crippen molar-refractivity contribution in [2.75, 3.05) is 0 Å². The first kappa shape index (κ1) is 8.65. The highest BCUT2D eigenvalue weighted by Gasteiger charge is 1.87. The maximum Gasteiger partial charge on any atom is 0.0627 e. The summed E-state index contributed by atoms with van der Waals surface area (Å²) in [6, 6.07) is 7.79. The molecule has 2 nitrogen and oxygen atoms in total. The summed E-state index contributed by atoms with van der Waals surface area (Å²) in [4.78, 5) is 8.26. The summed E-state index contributed by atoms with van der Waals surface area (Å²) < 4.78 is 0. The van der Waals surface area contributed by atoms with Gasteiger partial charge in [-0.2, -0.15) is 0 Å². The predicted molar refractivity (Wildman–Crippen MR) is 54.1 cm³/mol. The Labute approximate surface area is 72.7 Å². The van der Waals surface area contributed by atoms with Crippen LogP contribution in [0.4, 0.5) is 11.4 Å². The summed E-state index contributed by atoms with van der Waals surface area (Å²) in [5, 5.41) is 0. The zero-order valence-electron chi connectivity index (χ0n) is 7.36. The Balaban J connectivity index is 2.85. The molecule has 0 fully saturated rings. The Kier molecular flexibility index (Phi) is 3.20. The van der Waals surface area contributed by atoms with Gasteiger partial charge in [-0.1, -0.05) is 0 Å². The summed E-state index contributed by atoms with van der Waals surface area (Å²) in [7, 11) is 0. The molecule has 0 unspecified atom stereocenters. The van der Waals surface area contributed by atoms with Crippen LogP contribution in [0, 0.1) is 0 Å². The first-order valence-electron chi connectivity index (χ1n) is 3.94. The van der Waals surface area contributed by atoms with Gasteiger partial charge in [-0.3, -0.25) is 9.98 Å². The highest BCUT2D eigenvalue weighted by Crippen LogP contribution is 2.17. The van der Waals surface area contributed by atoms with E-state index in [1.54, 1.807) is 12.4 Å². The lowest BCUT2D eigenvalue weighted by Crippen LogP contribution is -1.66. The molecule has 0 aliphatic heterocycles. The van der Waals surface area contributed by atoms with Crippen molar-refractivity contribution < 1.29 is 0 Å². The molecule has 0 spiro atoms. The average molecular weight is 160 g/mol. The number of hydrogen-bond donors (Lipinski definition) is 0. The van der Waals surface area contributed by atoms with E-state index in [0.717, 1.165) is 11.4 Å². The maximum absolute atomic E-state index is 4.13. The van der Waals surface area contributed by atoms with Crippen molar-refractivity contribution in [1.82, 2.24) is 0 Å². The monoisotopic (exact) mass is 160 g/mol. The minimum atomic E-state index is 0.965. The standard InChI is InChI=1S/C10H12N2/c1-3-11-9-5-7-10(8-6-9)12-4-2/h3-8H,1-2H3.